The Morgan fingerprint density at radius 3 is 2.56 bits per heavy atom. The van der Waals surface area contributed by atoms with Crippen LogP contribution in [0.25, 0.3) is 5.57 Å². The van der Waals surface area contributed by atoms with Crippen molar-refractivity contribution in [1.29, 1.82) is 0 Å². The van der Waals surface area contributed by atoms with Crippen molar-refractivity contribution in [3.8, 4) is 0 Å². The highest BCUT2D eigenvalue weighted by Crippen LogP contribution is 2.34. The van der Waals surface area contributed by atoms with Gasteiger partial charge in [-0.15, -0.1) is 6.58 Å². The van der Waals surface area contributed by atoms with E-state index < -0.39 is 0 Å². The van der Waals surface area contributed by atoms with E-state index >= 15 is 0 Å². The SMILES string of the molecule is C1=CC(c2ccccc2)=CCC1.C=CCC1CCCC(OSC(C)(C)C)C1. The van der Waals surface area contributed by atoms with Gasteiger partial charge in [0.25, 0.3) is 0 Å². The van der Waals surface area contributed by atoms with Gasteiger partial charge >= 0.3 is 0 Å². The monoisotopic (exact) mass is 384 g/mol. The Hall–Kier alpha value is -1.25. The molecule has 2 aliphatic rings. The molecule has 0 radical (unpaired) electrons. The molecule has 0 aliphatic heterocycles. The van der Waals surface area contributed by atoms with Crippen molar-refractivity contribution in [2.75, 3.05) is 0 Å². The highest BCUT2D eigenvalue weighted by atomic mass is 32.2. The summed E-state index contributed by atoms with van der Waals surface area (Å²) in [6.45, 7) is 10.4. The lowest BCUT2D eigenvalue weighted by Gasteiger charge is -2.29. The van der Waals surface area contributed by atoms with Crippen molar-refractivity contribution in [3.05, 3.63) is 66.8 Å². The summed E-state index contributed by atoms with van der Waals surface area (Å²) >= 11 is 1.63. The third-order valence-corrected chi connectivity index (χ3v) is 5.64. The molecule has 2 aliphatic carbocycles. The molecule has 0 aromatic heterocycles. The maximum absolute atomic E-state index is 5.91. The van der Waals surface area contributed by atoms with E-state index in [1.54, 1.807) is 12.0 Å². The molecule has 2 heteroatoms. The quantitative estimate of drug-likeness (QED) is 0.375. The number of hydrogen-bond donors (Lipinski definition) is 0. The van der Waals surface area contributed by atoms with E-state index in [-0.39, 0.29) is 4.75 Å². The van der Waals surface area contributed by atoms with Crippen LogP contribution in [-0.2, 0) is 4.18 Å². The number of hydrogen-bond acceptors (Lipinski definition) is 2. The molecule has 2 atom stereocenters. The molecule has 3 rings (SSSR count). The van der Waals surface area contributed by atoms with Gasteiger partial charge in [0, 0.05) is 4.75 Å². The first kappa shape index (κ1) is 22.0. The highest BCUT2D eigenvalue weighted by molar-refractivity contribution is 7.96. The Bertz CT molecular complexity index is 609. The number of allylic oxidation sites excluding steroid dienone is 5. The van der Waals surface area contributed by atoms with Gasteiger partial charge in [0.05, 0.1) is 6.10 Å². The fraction of sp³-hybridized carbons (Fsp3) is 0.520. The van der Waals surface area contributed by atoms with Crippen molar-refractivity contribution < 1.29 is 4.18 Å². The van der Waals surface area contributed by atoms with Gasteiger partial charge in [-0.25, -0.2) is 0 Å². The van der Waals surface area contributed by atoms with Crippen LogP contribution in [0.3, 0.4) is 0 Å². The van der Waals surface area contributed by atoms with Crippen molar-refractivity contribution in [2.24, 2.45) is 5.92 Å². The van der Waals surface area contributed by atoms with Gasteiger partial charge in [0.2, 0.25) is 0 Å². The largest absolute Gasteiger partial charge is 0.312 e. The summed E-state index contributed by atoms with van der Waals surface area (Å²) in [5.74, 6) is 0.807. The minimum absolute atomic E-state index is 0.214. The zero-order valence-electron chi connectivity index (χ0n) is 17.3. The fourth-order valence-electron chi connectivity index (χ4n) is 3.45. The standard InChI is InChI=1S/C13H24OS.C12H12/c1-5-7-11-8-6-9-12(10-11)14-15-13(2,3)4;1-3-7-11(8-4-1)12-9-5-2-6-10-12/h5,11-12H,1,6-10H2,2-4H3;1,3-5,7-10H,2,6H2. The van der Waals surface area contributed by atoms with Gasteiger partial charge in [-0.3, -0.25) is 0 Å². The summed E-state index contributed by atoms with van der Waals surface area (Å²) in [7, 11) is 0. The summed E-state index contributed by atoms with van der Waals surface area (Å²) in [4.78, 5) is 0. The van der Waals surface area contributed by atoms with Crippen molar-refractivity contribution in [1.82, 2.24) is 0 Å². The summed E-state index contributed by atoms with van der Waals surface area (Å²) in [6.07, 6.45) is 17.9. The molecule has 0 heterocycles. The van der Waals surface area contributed by atoms with Crippen LogP contribution in [0.4, 0.5) is 0 Å². The molecule has 2 unspecified atom stereocenters. The Kier molecular flexibility index (Phi) is 9.44. The molecule has 0 saturated heterocycles. The van der Waals surface area contributed by atoms with Crippen LogP contribution in [0.1, 0.15) is 71.3 Å². The molecule has 0 spiro atoms. The minimum atomic E-state index is 0.214. The van der Waals surface area contributed by atoms with Gasteiger partial charge in [-0.1, -0.05) is 61.1 Å². The molecule has 1 fully saturated rings. The molecule has 0 N–H and O–H groups in total. The average Bonchev–Trinajstić information content (AvgIpc) is 2.68. The van der Waals surface area contributed by atoms with Crippen LogP contribution in [0, 0.1) is 5.92 Å². The maximum atomic E-state index is 5.91. The van der Waals surface area contributed by atoms with Crippen LogP contribution in [0.15, 0.2) is 61.2 Å². The Morgan fingerprint density at radius 1 is 1.15 bits per heavy atom. The number of rotatable bonds is 5. The minimum Gasteiger partial charge on any atom is -0.312 e. The molecule has 148 valence electrons. The van der Waals surface area contributed by atoms with E-state index in [1.807, 2.05) is 6.08 Å². The van der Waals surface area contributed by atoms with Crippen LogP contribution in [-0.4, -0.2) is 10.9 Å². The molecule has 1 nitrogen and oxygen atoms in total. The van der Waals surface area contributed by atoms with E-state index in [0.717, 1.165) is 12.3 Å². The molecule has 1 aromatic carbocycles. The molecule has 1 saturated carbocycles. The molecule has 0 bridgehead atoms. The van der Waals surface area contributed by atoms with Crippen LogP contribution in [0.5, 0.6) is 0 Å². The zero-order valence-corrected chi connectivity index (χ0v) is 18.1. The molecule has 1 aromatic rings. The number of benzene rings is 1. The zero-order chi connectivity index (χ0) is 19.5. The van der Waals surface area contributed by atoms with Crippen molar-refractivity contribution >= 4 is 17.6 Å². The van der Waals surface area contributed by atoms with Crippen molar-refractivity contribution in [3.63, 3.8) is 0 Å². The predicted octanol–water partition coefficient (Wildman–Crippen LogP) is 8.00. The average molecular weight is 385 g/mol. The van der Waals surface area contributed by atoms with E-state index in [9.17, 15) is 0 Å². The van der Waals surface area contributed by atoms with Gasteiger partial charge in [-0.2, -0.15) is 0 Å². The summed E-state index contributed by atoms with van der Waals surface area (Å²) in [5, 5.41) is 0. The summed E-state index contributed by atoms with van der Waals surface area (Å²) in [5.41, 5.74) is 2.69. The lowest BCUT2D eigenvalue weighted by atomic mass is 9.85. The van der Waals surface area contributed by atoms with Gasteiger partial charge in [0.15, 0.2) is 0 Å². The smallest absolute Gasteiger partial charge is 0.0725 e. The van der Waals surface area contributed by atoms with E-state index in [4.69, 9.17) is 4.18 Å². The van der Waals surface area contributed by atoms with Crippen molar-refractivity contribution in [2.45, 2.75) is 76.6 Å². The van der Waals surface area contributed by atoms with E-state index in [0.29, 0.717) is 6.10 Å². The van der Waals surface area contributed by atoms with Gasteiger partial charge in [0.1, 0.15) is 0 Å². The third-order valence-electron chi connectivity index (χ3n) is 4.77. The molecule has 27 heavy (non-hydrogen) atoms. The second-order valence-corrected chi connectivity index (χ2v) is 10.1. The Morgan fingerprint density at radius 2 is 1.93 bits per heavy atom. The lowest BCUT2D eigenvalue weighted by Crippen LogP contribution is -2.22. The van der Waals surface area contributed by atoms with Gasteiger partial charge < -0.3 is 4.18 Å². The fourth-order valence-corrected chi connectivity index (χ4v) is 4.05. The third kappa shape index (κ3) is 8.99. The molecule has 0 amide bonds. The Labute approximate surface area is 171 Å². The molecular weight excluding hydrogens is 348 g/mol. The molecular formula is C25H36OS. The normalized spacial score (nSPS) is 22.4. The first-order valence-corrected chi connectivity index (χ1v) is 11.1. The van der Waals surface area contributed by atoms with Gasteiger partial charge in [-0.05, 0) is 88.4 Å². The highest BCUT2D eigenvalue weighted by Gasteiger charge is 2.24. The summed E-state index contributed by atoms with van der Waals surface area (Å²) < 4.78 is 6.12. The van der Waals surface area contributed by atoms with Crippen LogP contribution in [0.2, 0.25) is 0 Å². The summed E-state index contributed by atoms with van der Waals surface area (Å²) in [6, 6.07) is 10.5. The second kappa shape index (κ2) is 11.6. The predicted molar refractivity (Wildman–Crippen MR) is 122 cm³/mol. The second-order valence-electron chi connectivity index (χ2n) is 8.48. The first-order valence-electron chi connectivity index (χ1n) is 10.4. The first-order chi connectivity index (χ1) is 13.0. The van der Waals surface area contributed by atoms with Crippen LogP contribution >= 0.6 is 12.0 Å². The maximum Gasteiger partial charge on any atom is 0.0725 e. The Balaban J connectivity index is 0.000000198. The van der Waals surface area contributed by atoms with E-state index in [2.05, 4.69) is 75.9 Å². The van der Waals surface area contributed by atoms with Crippen LogP contribution < -0.4 is 0 Å². The topological polar surface area (TPSA) is 9.23 Å². The lowest BCUT2D eigenvalue weighted by molar-refractivity contribution is 0.146. The van der Waals surface area contributed by atoms with E-state index in [1.165, 1.54) is 49.7 Å².